The van der Waals surface area contributed by atoms with Crippen molar-refractivity contribution >= 4 is 42.7 Å². The molecule has 0 aliphatic rings. The highest BCUT2D eigenvalue weighted by Gasteiger charge is 2.46. The summed E-state index contributed by atoms with van der Waals surface area (Å²) in [7, 11) is -2.30. The van der Waals surface area contributed by atoms with Gasteiger partial charge in [-0.05, 0) is 60.3 Å². The van der Waals surface area contributed by atoms with Gasteiger partial charge in [0.2, 0.25) is 11.8 Å². The first-order chi connectivity index (χ1) is 19.8. The van der Waals surface area contributed by atoms with Gasteiger partial charge in [0.05, 0.1) is 24.1 Å². The molecule has 4 aromatic heterocycles. The predicted molar refractivity (Wildman–Crippen MR) is 164 cm³/mol. The van der Waals surface area contributed by atoms with Gasteiger partial charge in [-0.25, -0.2) is 24.6 Å². The molecule has 9 nitrogen and oxygen atoms in total. The number of hydrogen-bond acceptors (Lipinski definition) is 6. The van der Waals surface area contributed by atoms with Crippen LogP contribution in [-0.2, 0) is 0 Å². The van der Waals surface area contributed by atoms with E-state index in [0.29, 0.717) is 40.1 Å². The Labute approximate surface area is 246 Å². The number of rotatable bonds is 10. The molecule has 0 aliphatic carbocycles. The Balaban J connectivity index is 1.82. The number of aryl methyl sites for hydroxylation is 1. The summed E-state index contributed by atoms with van der Waals surface area (Å²) in [5.41, 5.74) is 2.88. The molecule has 0 aliphatic heterocycles. The fourth-order valence-corrected chi connectivity index (χ4v) is 13.0. The van der Waals surface area contributed by atoms with Crippen LogP contribution in [0.4, 0.5) is 20.7 Å². The largest absolute Gasteiger partial charge is 0.478 e. The van der Waals surface area contributed by atoms with Crippen LogP contribution >= 0.6 is 0 Å². The van der Waals surface area contributed by atoms with Gasteiger partial charge in [-0.2, -0.15) is 4.39 Å². The van der Waals surface area contributed by atoms with E-state index in [1.165, 1.54) is 30.5 Å². The van der Waals surface area contributed by atoms with Crippen LogP contribution in [-0.4, -0.2) is 51.0 Å². The molecule has 4 rings (SSSR count). The van der Waals surface area contributed by atoms with Crippen molar-refractivity contribution in [3.8, 4) is 5.88 Å². The highest BCUT2D eigenvalue weighted by Crippen LogP contribution is 2.45. The molecule has 0 aromatic carbocycles. The number of hydrogen-bond donors (Lipinski definition) is 1. The number of carbonyl (C=O) groups excluding carboxylic acids is 1. The smallest absolute Gasteiger partial charge is 0.417 e. The zero-order chi connectivity index (χ0) is 30.9. The molecule has 0 bridgehead atoms. The Bertz CT molecular complexity index is 1600. The van der Waals surface area contributed by atoms with Gasteiger partial charge in [0.15, 0.2) is 14.0 Å². The standard InChI is InChI=1S/C31H38FN5O4Si/c1-9-41-27-13-10-22(16-33-27)37(31(39)40)26-12-11-23(29(32)35-26)28(38)25-17-36(30-24(25)14-21(8)15-34-30)42(18(2)3,19(4)5)20(6)7/h10-20H,9H2,1-8H3,(H,39,40). The molecule has 0 fully saturated rings. The van der Waals surface area contributed by atoms with Crippen molar-refractivity contribution < 1.29 is 23.8 Å². The summed E-state index contributed by atoms with van der Waals surface area (Å²) in [6.45, 7) is 17.5. The molecule has 0 radical (unpaired) electrons. The minimum Gasteiger partial charge on any atom is -0.478 e. The van der Waals surface area contributed by atoms with Gasteiger partial charge in [0, 0.05) is 29.4 Å². The van der Waals surface area contributed by atoms with Crippen LogP contribution in [0.2, 0.25) is 16.6 Å². The third kappa shape index (κ3) is 5.28. The number of ketones is 1. The number of ether oxygens (including phenoxy) is 1. The molecule has 4 aromatic rings. The SMILES string of the molecule is CCOc1ccc(N(C(=O)O)c2ccc(C(=O)c3cn([Si](C(C)C)(C(C)C)C(C)C)c4ncc(C)cc34)c(F)n2)cn1. The highest BCUT2D eigenvalue weighted by molar-refractivity contribution is 6.82. The van der Waals surface area contributed by atoms with E-state index >= 15 is 4.39 Å². The van der Waals surface area contributed by atoms with Crippen molar-refractivity contribution in [2.24, 2.45) is 0 Å². The molecule has 42 heavy (non-hydrogen) atoms. The molecule has 0 atom stereocenters. The molecule has 4 heterocycles. The number of halogens is 1. The van der Waals surface area contributed by atoms with E-state index in [1.54, 1.807) is 13.1 Å². The molecule has 222 valence electrons. The highest BCUT2D eigenvalue weighted by atomic mass is 28.3. The molecule has 11 heteroatoms. The van der Waals surface area contributed by atoms with E-state index in [4.69, 9.17) is 9.72 Å². The van der Waals surface area contributed by atoms with Gasteiger partial charge in [-0.15, -0.1) is 0 Å². The number of amides is 1. The number of pyridine rings is 3. The average molecular weight is 592 g/mol. The number of carbonyl (C=O) groups is 2. The fraction of sp³-hybridized carbons (Fsp3) is 0.387. The first kappa shape index (κ1) is 30.8. The quantitative estimate of drug-likeness (QED) is 0.114. The lowest BCUT2D eigenvalue weighted by atomic mass is 10.0. The topological polar surface area (TPSA) is 110 Å². The number of aromatic nitrogens is 4. The number of nitrogens with zero attached hydrogens (tertiary/aromatic N) is 5. The fourth-order valence-electron chi connectivity index (χ4n) is 6.47. The molecule has 0 saturated heterocycles. The minimum atomic E-state index is -2.30. The molecule has 0 spiro atoms. The Morgan fingerprint density at radius 2 is 1.67 bits per heavy atom. The summed E-state index contributed by atoms with van der Waals surface area (Å²) in [4.78, 5) is 39.7. The van der Waals surface area contributed by atoms with Gasteiger partial charge < -0.3 is 14.1 Å². The number of anilines is 2. The summed E-state index contributed by atoms with van der Waals surface area (Å²) in [6, 6.07) is 7.52. The van der Waals surface area contributed by atoms with Gasteiger partial charge in [0.25, 0.3) is 0 Å². The van der Waals surface area contributed by atoms with Crippen molar-refractivity contribution in [2.75, 3.05) is 11.5 Å². The lowest BCUT2D eigenvalue weighted by Crippen LogP contribution is -2.51. The van der Waals surface area contributed by atoms with E-state index in [0.717, 1.165) is 16.1 Å². The second kappa shape index (κ2) is 12.0. The molecule has 0 unspecified atom stereocenters. The second-order valence-electron chi connectivity index (χ2n) is 11.4. The Morgan fingerprint density at radius 3 is 2.19 bits per heavy atom. The van der Waals surface area contributed by atoms with Crippen molar-refractivity contribution in [1.29, 1.82) is 0 Å². The summed E-state index contributed by atoms with van der Waals surface area (Å²) >= 11 is 0. The third-order valence-corrected chi connectivity index (χ3v) is 14.7. The lowest BCUT2D eigenvalue weighted by Gasteiger charge is -2.44. The summed E-state index contributed by atoms with van der Waals surface area (Å²) in [5.74, 6) is -1.47. The van der Waals surface area contributed by atoms with Crippen LogP contribution in [0, 0.1) is 12.9 Å². The Morgan fingerprint density at radius 1 is 1.00 bits per heavy atom. The van der Waals surface area contributed by atoms with Gasteiger partial charge in [-0.1, -0.05) is 41.5 Å². The van der Waals surface area contributed by atoms with Crippen LogP contribution in [0.3, 0.4) is 0 Å². The lowest BCUT2D eigenvalue weighted by molar-refractivity contribution is 0.103. The van der Waals surface area contributed by atoms with Crippen LogP contribution in [0.5, 0.6) is 5.88 Å². The van der Waals surface area contributed by atoms with Gasteiger partial charge in [-0.3, -0.25) is 4.79 Å². The maximum atomic E-state index is 15.6. The van der Waals surface area contributed by atoms with Crippen LogP contribution in [0.25, 0.3) is 11.0 Å². The van der Waals surface area contributed by atoms with E-state index < -0.39 is 26.1 Å². The summed E-state index contributed by atoms with van der Waals surface area (Å²) < 4.78 is 23.1. The maximum absolute atomic E-state index is 15.6. The van der Waals surface area contributed by atoms with Crippen molar-refractivity contribution in [3.63, 3.8) is 0 Å². The van der Waals surface area contributed by atoms with E-state index in [9.17, 15) is 14.7 Å². The van der Waals surface area contributed by atoms with Crippen LogP contribution < -0.4 is 9.64 Å². The first-order valence-corrected chi connectivity index (χ1v) is 16.3. The molecule has 1 N–H and O–H groups in total. The zero-order valence-electron chi connectivity index (χ0n) is 25.3. The number of fused-ring (bicyclic) bond motifs is 1. The molecular weight excluding hydrogens is 553 g/mol. The Kier molecular flexibility index (Phi) is 8.81. The van der Waals surface area contributed by atoms with Crippen LogP contribution in [0.1, 0.15) is 70.0 Å². The van der Waals surface area contributed by atoms with Crippen molar-refractivity contribution in [2.45, 2.75) is 72.0 Å². The third-order valence-electron chi connectivity index (χ3n) is 7.99. The minimum absolute atomic E-state index is 0.152. The van der Waals surface area contributed by atoms with Gasteiger partial charge in [0.1, 0.15) is 11.5 Å². The second-order valence-corrected chi connectivity index (χ2v) is 17.1. The van der Waals surface area contributed by atoms with E-state index in [1.807, 2.05) is 19.2 Å². The van der Waals surface area contributed by atoms with Crippen LogP contribution in [0.15, 0.2) is 48.9 Å². The van der Waals surface area contributed by atoms with Crippen molar-refractivity contribution in [3.05, 3.63) is 71.6 Å². The van der Waals surface area contributed by atoms with Crippen molar-refractivity contribution in [1.82, 2.24) is 19.2 Å². The maximum Gasteiger partial charge on any atom is 0.417 e. The zero-order valence-corrected chi connectivity index (χ0v) is 26.3. The monoisotopic (exact) mass is 591 g/mol. The summed E-state index contributed by atoms with van der Waals surface area (Å²) in [6.07, 6.45) is 3.57. The first-order valence-electron chi connectivity index (χ1n) is 14.2. The van der Waals surface area contributed by atoms with Gasteiger partial charge >= 0.3 is 6.09 Å². The molecule has 0 saturated carbocycles. The van der Waals surface area contributed by atoms with E-state index in [-0.39, 0.29) is 17.1 Å². The Hall–Kier alpha value is -4.12. The molecular formula is C31H38FN5O4Si. The predicted octanol–water partition coefficient (Wildman–Crippen LogP) is 7.74. The average Bonchev–Trinajstić information content (AvgIpc) is 3.28. The van der Waals surface area contributed by atoms with E-state index in [2.05, 4.69) is 55.7 Å². The molecule has 1 amide bonds. The summed E-state index contributed by atoms with van der Waals surface area (Å²) in [5, 5.41) is 10.6. The number of carboxylic acid groups (broad SMARTS) is 1. The normalized spacial score (nSPS) is 12.0.